The van der Waals surface area contributed by atoms with Gasteiger partial charge in [-0.3, -0.25) is 0 Å². The molecule has 0 saturated carbocycles. The highest BCUT2D eigenvalue weighted by Crippen LogP contribution is 2.29. The summed E-state index contributed by atoms with van der Waals surface area (Å²) in [4.78, 5) is 4.40. The Bertz CT molecular complexity index is 623. The van der Waals surface area contributed by atoms with Crippen LogP contribution in [0, 0.1) is 5.82 Å². The lowest BCUT2D eigenvalue weighted by Crippen LogP contribution is -2.25. The SMILES string of the molecule is CC1(c2nc(Cc3cccc(Cl)c3F)no2)CCNC1. The van der Waals surface area contributed by atoms with E-state index in [0.717, 1.165) is 19.5 Å². The Morgan fingerprint density at radius 1 is 1.50 bits per heavy atom. The van der Waals surface area contributed by atoms with Gasteiger partial charge in [-0.05, 0) is 31.5 Å². The predicted octanol–water partition coefficient (Wildman–Crippen LogP) is 2.70. The Balaban J connectivity index is 1.82. The minimum Gasteiger partial charge on any atom is -0.339 e. The van der Waals surface area contributed by atoms with E-state index in [4.69, 9.17) is 16.1 Å². The summed E-state index contributed by atoms with van der Waals surface area (Å²) < 4.78 is 19.2. The molecule has 1 N–H and O–H groups in total. The third-order valence-electron chi connectivity index (χ3n) is 3.73. The highest BCUT2D eigenvalue weighted by molar-refractivity contribution is 6.30. The molecular formula is C14H15ClFN3O. The van der Waals surface area contributed by atoms with Gasteiger partial charge >= 0.3 is 0 Å². The summed E-state index contributed by atoms with van der Waals surface area (Å²) in [5, 5.41) is 7.34. The van der Waals surface area contributed by atoms with E-state index in [2.05, 4.69) is 22.4 Å². The van der Waals surface area contributed by atoms with Crippen molar-refractivity contribution >= 4 is 11.6 Å². The molecule has 0 aliphatic carbocycles. The van der Waals surface area contributed by atoms with Crippen LogP contribution >= 0.6 is 11.6 Å². The van der Waals surface area contributed by atoms with Crippen molar-refractivity contribution in [2.45, 2.75) is 25.2 Å². The summed E-state index contributed by atoms with van der Waals surface area (Å²) in [5.41, 5.74) is 0.345. The van der Waals surface area contributed by atoms with Crippen molar-refractivity contribution in [1.29, 1.82) is 0 Å². The van der Waals surface area contributed by atoms with Gasteiger partial charge in [-0.25, -0.2) is 4.39 Å². The molecule has 106 valence electrons. The van der Waals surface area contributed by atoms with Gasteiger partial charge in [0, 0.05) is 13.0 Å². The molecule has 4 nitrogen and oxygen atoms in total. The summed E-state index contributed by atoms with van der Waals surface area (Å²) in [6.45, 7) is 3.85. The Morgan fingerprint density at radius 3 is 3.10 bits per heavy atom. The molecule has 3 rings (SSSR count). The fourth-order valence-electron chi connectivity index (χ4n) is 2.43. The second-order valence-electron chi connectivity index (χ2n) is 5.39. The molecule has 0 spiro atoms. The molecule has 20 heavy (non-hydrogen) atoms. The van der Waals surface area contributed by atoms with Crippen molar-refractivity contribution in [3.63, 3.8) is 0 Å². The lowest BCUT2D eigenvalue weighted by Gasteiger charge is -2.15. The molecule has 0 amide bonds. The van der Waals surface area contributed by atoms with Crippen LogP contribution in [0.3, 0.4) is 0 Å². The number of nitrogens with zero attached hydrogens (tertiary/aromatic N) is 2. The molecule has 1 aromatic heterocycles. The summed E-state index contributed by atoms with van der Waals surface area (Å²) in [6, 6.07) is 4.91. The maximum atomic E-state index is 13.8. The molecular weight excluding hydrogens is 281 g/mol. The second-order valence-corrected chi connectivity index (χ2v) is 5.80. The minimum absolute atomic E-state index is 0.109. The first-order chi connectivity index (χ1) is 9.58. The molecule has 1 unspecified atom stereocenters. The Labute approximate surface area is 121 Å². The van der Waals surface area contributed by atoms with Crippen LogP contribution in [-0.2, 0) is 11.8 Å². The molecule has 1 aromatic carbocycles. The molecule has 1 aliphatic rings. The lowest BCUT2D eigenvalue weighted by atomic mass is 9.90. The summed E-state index contributed by atoms with van der Waals surface area (Å²) >= 11 is 5.76. The van der Waals surface area contributed by atoms with Gasteiger partial charge in [-0.15, -0.1) is 0 Å². The van der Waals surface area contributed by atoms with Gasteiger partial charge in [0.2, 0.25) is 5.89 Å². The van der Waals surface area contributed by atoms with Gasteiger partial charge in [0.15, 0.2) is 5.82 Å². The van der Waals surface area contributed by atoms with Crippen LogP contribution in [0.2, 0.25) is 5.02 Å². The number of rotatable bonds is 3. The zero-order valence-corrected chi connectivity index (χ0v) is 11.9. The second kappa shape index (κ2) is 5.14. The predicted molar refractivity (Wildman–Crippen MR) is 73.4 cm³/mol. The van der Waals surface area contributed by atoms with E-state index in [1.54, 1.807) is 12.1 Å². The van der Waals surface area contributed by atoms with Crippen molar-refractivity contribution in [2.75, 3.05) is 13.1 Å². The van der Waals surface area contributed by atoms with Crippen LogP contribution < -0.4 is 5.32 Å². The molecule has 1 atom stereocenters. The van der Waals surface area contributed by atoms with E-state index in [0.29, 0.717) is 17.3 Å². The largest absolute Gasteiger partial charge is 0.339 e. The molecule has 2 aromatic rings. The quantitative estimate of drug-likeness (QED) is 0.946. The number of nitrogens with one attached hydrogen (secondary N) is 1. The van der Waals surface area contributed by atoms with Crippen molar-refractivity contribution in [2.24, 2.45) is 0 Å². The number of benzene rings is 1. The smallest absolute Gasteiger partial charge is 0.233 e. The van der Waals surface area contributed by atoms with Crippen LogP contribution in [0.1, 0.15) is 30.6 Å². The van der Waals surface area contributed by atoms with Crippen LogP contribution in [0.25, 0.3) is 0 Å². The van der Waals surface area contributed by atoms with Crippen molar-refractivity contribution < 1.29 is 8.91 Å². The summed E-state index contributed by atoms with van der Waals surface area (Å²) in [6.07, 6.45) is 1.24. The van der Waals surface area contributed by atoms with Gasteiger partial charge in [0.25, 0.3) is 0 Å². The standard InChI is InChI=1S/C14H15ClFN3O/c1-14(5-6-17-8-14)13-18-11(19-20-13)7-9-3-2-4-10(15)12(9)16/h2-4,17H,5-8H2,1H3. The van der Waals surface area contributed by atoms with E-state index in [1.807, 2.05) is 0 Å². The van der Waals surface area contributed by atoms with E-state index in [9.17, 15) is 4.39 Å². The Hall–Kier alpha value is -1.46. The molecule has 1 saturated heterocycles. The molecule has 2 heterocycles. The van der Waals surface area contributed by atoms with Crippen LogP contribution in [0.15, 0.2) is 22.7 Å². The lowest BCUT2D eigenvalue weighted by molar-refractivity contribution is 0.304. The average Bonchev–Trinajstić information content (AvgIpc) is 3.05. The Morgan fingerprint density at radius 2 is 2.35 bits per heavy atom. The van der Waals surface area contributed by atoms with Crippen LogP contribution in [-0.4, -0.2) is 23.2 Å². The fraction of sp³-hybridized carbons (Fsp3) is 0.429. The highest BCUT2D eigenvalue weighted by Gasteiger charge is 2.36. The van der Waals surface area contributed by atoms with Gasteiger partial charge < -0.3 is 9.84 Å². The van der Waals surface area contributed by atoms with Crippen LogP contribution in [0.4, 0.5) is 4.39 Å². The Kier molecular flexibility index (Phi) is 3.48. The third-order valence-corrected chi connectivity index (χ3v) is 4.03. The van der Waals surface area contributed by atoms with E-state index >= 15 is 0 Å². The maximum absolute atomic E-state index is 13.8. The van der Waals surface area contributed by atoms with Gasteiger partial charge in [-0.1, -0.05) is 28.9 Å². The highest BCUT2D eigenvalue weighted by atomic mass is 35.5. The van der Waals surface area contributed by atoms with Gasteiger partial charge in [-0.2, -0.15) is 4.98 Å². The zero-order chi connectivity index (χ0) is 14.2. The van der Waals surface area contributed by atoms with Gasteiger partial charge in [0.05, 0.1) is 10.4 Å². The van der Waals surface area contributed by atoms with Crippen molar-refractivity contribution in [3.8, 4) is 0 Å². The van der Waals surface area contributed by atoms with E-state index in [-0.39, 0.29) is 16.9 Å². The monoisotopic (exact) mass is 295 g/mol. The topological polar surface area (TPSA) is 51.0 Å². The van der Waals surface area contributed by atoms with Crippen LogP contribution in [0.5, 0.6) is 0 Å². The van der Waals surface area contributed by atoms with Crippen molar-refractivity contribution in [3.05, 3.63) is 46.3 Å². The molecule has 6 heteroatoms. The maximum Gasteiger partial charge on any atom is 0.233 e. The number of hydrogen-bond acceptors (Lipinski definition) is 4. The fourth-order valence-corrected chi connectivity index (χ4v) is 2.62. The van der Waals surface area contributed by atoms with E-state index in [1.165, 1.54) is 6.07 Å². The normalized spacial score (nSPS) is 22.4. The number of hydrogen-bond donors (Lipinski definition) is 1. The van der Waals surface area contributed by atoms with Gasteiger partial charge in [0.1, 0.15) is 5.82 Å². The number of halogens is 2. The first kappa shape index (κ1) is 13.5. The molecule has 0 bridgehead atoms. The average molecular weight is 296 g/mol. The number of aromatic nitrogens is 2. The molecule has 1 aliphatic heterocycles. The summed E-state index contributed by atoms with van der Waals surface area (Å²) in [7, 11) is 0. The molecule has 1 fully saturated rings. The molecule has 0 radical (unpaired) electrons. The zero-order valence-electron chi connectivity index (χ0n) is 11.1. The third kappa shape index (κ3) is 2.43. The first-order valence-electron chi connectivity index (χ1n) is 6.55. The van der Waals surface area contributed by atoms with E-state index < -0.39 is 5.82 Å². The first-order valence-corrected chi connectivity index (χ1v) is 6.93. The van der Waals surface area contributed by atoms with Crippen molar-refractivity contribution in [1.82, 2.24) is 15.5 Å². The minimum atomic E-state index is -0.422. The summed E-state index contributed by atoms with van der Waals surface area (Å²) in [5.74, 6) is 0.670.